The number of benzene rings is 2. The largest absolute Gasteiger partial charge is 0.497 e. The SMILES string of the molecule is CCCCCOc1ccc(C2c3c(-c4ccc(OC)cc4)n[nH]c3C(=O)N2CCOC)cc1. The van der Waals surface area contributed by atoms with Crippen LogP contribution in [0.3, 0.4) is 0 Å². The Balaban J connectivity index is 1.67. The lowest BCUT2D eigenvalue weighted by Gasteiger charge is -2.26. The first kappa shape index (κ1) is 22.9. The number of aromatic amines is 1. The van der Waals surface area contributed by atoms with Gasteiger partial charge in [0.25, 0.3) is 5.91 Å². The first-order chi connectivity index (χ1) is 16.2. The van der Waals surface area contributed by atoms with E-state index in [1.165, 1.54) is 6.42 Å². The summed E-state index contributed by atoms with van der Waals surface area (Å²) in [6.45, 7) is 3.83. The highest BCUT2D eigenvalue weighted by atomic mass is 16.5. The lowest BCUT2D eigenvalue weighted by atomic mass is 9.96. The molecule has 4 rings (SSSR count). The van der Waals surface area contributed by atoms with E-state index in [0.717, 1.165) is 46.7 Å². The van der Waals surface area contributed by atoms with E-state index in [-0.39, 0.29) is 11.9 Å². The van der Waals surface area contributed by atoms with E-state index in [2.05, 4.69) is 17.1 Å². The summed E-state index contributed by atoms with van der Waals surface area (Å²) in [6, 6.07) is 15.5. The third-order valence-corrected chi connectivity index (χ3v) is 5.98. The number of fused-ring (bicyclic) bond motifs is 1. The summed E-state index contributed by atoms with van der Waals surface area (Å²) in [5.74, 6) is 1.54. The van der Waals surface area contributed by atoms with Gasteiger partial charge in [-0.25, -0.2) is 0 Å². The molecule has 1 N–H and O–H groups in total. The predicted molar refractivity (Wildman–Crippen MR) is 127 cm³/mol. The average molecular weight is 450 g/mol. The van der Waals surface area contributed by atoms with Gasteiger partial charge in [-0.05, 0) is 48.4 Å². The van der Waals surface area contributed by atoms with Gasteiger partial charge >= 0.3 is 0 Å². The molecule has 1 amide bonds. The number of ether oxygens (including phenoxy) is 3. The maximum atomic E-state index is 13.3. The van der Waals surface area contributed by atoms with Gasteiger partial charge in [0.1, 0.15) is 17.2 Å². The van der Waals surface area contributed by atoms with Crippen molar-refractivity contribution in [1.82, 2.24) is 15.1 Å². The van der Waals surface area contributed by atoms with Crippen LogP contribution in [0.4, 0.5) is 0 Å². The van der Waals surface area contributed by atoms with Crippen molar-refractivity contribution in [2.24, 2.45) is 0 Å². The fourth-order valence-corrected chi connectivity index (χ4v) is 4.22. The lowest BCUT2D eigenvalue weighted by molar-refractivity contribution is 0.0677. The zero-order valence-electron chi connectivity index (χ0n) is 19.5. The second kappa shape index (κ2) is 10.5. The number of rotatable bonds is 11. The van der Waals surface area contributed by atoms with Gasteiger partial charge in [0, 0.05) is 24.8 Å². The molecule has 0 spiro atoms. The molecule has 0 radical (unpaired) electrons. The van der Waals surface area contributed by atoms with Crippen LogP contribution in [0.15, 0.2) is 48.5 Å². The van der Waals surface area contributed by atoms with E-state index >= 15 is 0 Å². The van der Waals surface area contributed by atoms with Crippen molar-refractivity contribution in [3.05, 3.63) is 65.4 Å². The van der Waals surface area contributed by atoms with E-state index in [4.69, 9.17) is 14.2 Å². The number of carbonyl (C=O) groups excluding carboxylic acids is 1. The minimum absolute atomic E-state index is 0.0702. The molecule has 3 aromatic rings. The van der Waals surface area contributed by atoms with Crippen molar-refractivity contribution >= 4 is 5.91 Å². The lowest BCUT2D eigenvalue weighted by Crippen LogP contribution is -2.32. The Morgan fingerprint density at radius 2 is 1.70 bits per heavy atom. The maximum absolute atomic E-state index is 13.3. The number of unbranched alkanes of at least 4 members (excludes halogenated alkanes) is 2. The summed E-state index contributed by atoms with van der Waals surface area (Å²) in [5.41, 5.74) is 4.12. The van der Waals surface area contributed by atoms with Crippen LogP contribution in [-0.4, -0.2) is 55.0 Å². The molecule has 0 saturated carbocycles. The average Bonchev–Trinajstić information content (AvgIpc) is 3.40. The van der Waals surface area contributed by atoms with Crippen LogP contribution >= 0.6 is 0 Å². The van der Waals surface area contributed by atoms with Crippen LogP contribution in [0.25, 0.3) is 11.3 Å². The normalized spacial score (nSPS) is 15.1. The second-order valence-corrected chi connectivity index (χ2v) is 8.11. The number of carbonyl (C=O) groups is 1. The molecule has 33 heavy (non-hydrogen) atoms. The maximum Gasteiger partial charge on any atom is 0.273 e. The van der Waals surface area contributed by atoms with Crippen molar-refractivity contribution < 1.29 is 19.0 Å². The van der Waals surface area contributed by atoms with Gasteiger partial charge in [0.15, 0.2) is 0 Å². The molecule has 1 aliphatic heterocycles. The monoisotopic (exact) mass is 449 g/mol. The van der Waals surface area contributed by atoms with Crippen LogP contribution < -0.4 is 9.47 Å². The Labute approximate surface area is 194 Å². The minimum atomic E-state index is -0.257. The van der Waals surface area contributed by atoms with Gasteiger partial charge in [-0.2, -0.15) is 5.10 Å². The first-order valence-corrected chi connectivity index (χ1v) is 11.4. The Morgan fingerprint density at radius 1 is 0.970 bits per heavy atom. The molecule has 1 aliphatic rings. The van der Waals surface area contributed by atoms with E-state index in [0.29, 0.717) is 25.5 Å². The Kier molecular flexibility index (Phi) is 7.29. The molecule has 1 aromatic heterocycles. The van der Waals surface area contributed by atoms with Crippen LogP contribution in [0.5, 0.6) is 11.5 Å². The number of H-pyrrole nitrogens is 1. The number of methoxy groups -OCH3 is 2. The van der Waals surface area contributed by atoms with Gasteiger partial charge in [-0.3, -0.25) is 9.89 Å². The standard InChI is InChI=1S/C26H31N3O4/c1-4-5-6-16-33-21-13-9-19(10-14-21)25-22-23(18-7-11-20(32-3)12-8-18)27-28-24(22)26(30)29(25)15-17-31-2/h7-14,25H,4-6,15-17H2,1-3H3,(H,27,28). The van der Waals surface area contributed by atoms with Crippen molar-refractivity contribution in [3.8, 4) is 22.8 Å². The van der Waals surface area contributed by atoms with Crippen molar-refractivity contribution in [1.29, 1.82) is 0 Å². The second-order valence-electron chi connectivity index (χ2n) is 8.11. The molecular formula is C26H31N3O4. The third kappa shape index (κ3) is 4.73. The summed E-state index contributed by atoms with van der Waals surface area (Å²) in [7, 11) is 3.28. The highest BCUT2D eigenvalue weighted by molar-refractivity contribution is 6.00. The van der Waals surface area contributed by atoms with E-state index < -0.39 is 0 Å². The molecular weight excluding hydrogens is 418 g/mol. The minimum Gasteiger partial charge on any atom is -0.497 e. The van der Waals surface area contributed by atoms with Crippen LogP contribution in [-0.2, 0) is 4.74 Å². The fourth-order valence-electron chi connectivity index (χ4n) is 4.22. The molecule has 1 unspecified atom stereocenters. The Morgan fingerprint density at radius 3 is 2.36 bits per heavy atom. The Bertz CT molecular complexity index is 1060. The molecule has 7 heteroatoms. The van der Waals surface area contributed by atoms with E-state index in [1.807, 2.05) is 53.4 Å². The summed E-state index contributed by atoms with van der Waals surface area (Å²) in [6.07, 6.45) is 3.37. The molecule has 0 aliphatic carbocycles. The van der Waals surface area contributed by atoms with Gasteiger partial charge in [0.2, 0.25) is 0 Å². The molecule has 0 fully saturated rings. The van der Waals surface area contributed by atoms with Gasteiger partial charge in [0.05, 0.1) is 32.1 Å². The zero-order chi connectivity index (χ0) is 23.2. The molecule has 174 valence electrons. The third-order valence-electron chi connectivity index (χ3n) is 5.98. The number of nitrogens with one attached hydrogen (secondary N) is 1. The van der Waals surface area contributed by atoms with Crippen molar-refractivity contribution in [2.75, 3.05) is 34.0 Å². The molecule has 2 heterocycles. The summed E-state index contributed by atoms with van der Waals surface area (Å²) in [4.78, 5) is 15.1. The number of hydrogen-bond acceptors (Lipinski definition) is 5. The van der Waals surface area contributed by atoms with Crippen LogP contribution in [0.1, 0.15) is 53.8 Å². The Hall–Kier alpha value is -3.32. The number of aromatic nitrogens is 2. The molecule has 7 nitrogen and oxygen atoms in total. The summed E-state index contributed by atoms with van der Waals surface area (Å²) >= 11 is 0. The van der Waals surface area contributed by atoms with Gasteiger partial charge in [-0.1, -0.05) is 31.9 Å². The summed E-state index contributed by atoms with van der Waals surface area (Å²) < 4.78 is 16.4. The number of amides is 1. The predicted octanol–water partition coefficient (Wildman–Crippen LogP) is 4.85. The highest BCUT2D eigenvalue weighted by Gasteiger charge is 2.41. The van der Waals surface area contributed by atoms with Gasteiger partial charge < -0.3 is 19.1 Å². The molecule has 0 saturated heterocycles. The van der Waals surface area contributed by atoms with E-state index in [9.17, 15) is 4.79 Å². The topological polar surface area (TPSA) is 76.7 Å². The molecule has 0 bridgehead atoms. The summed E-state index contributed by atoms with van der Waals surface area (Å²) in [5, 5.41) is 7.49. The van der Waals surface area contributed by atoms with Crippen LogP contribution in [0, 0.1) is 0 Å². The first-order valence-electron chi connectivity index (χ1n) is 11.4. The number of nitrogens with zero attached hydrogens (tertiary/aromatic N) is 2. The van der Waals surface area contributed by atoms with E-state index in [1.54, 1.807) is 14.2 Å². The van der Waals surface area contributed by atoms with Crippen LogP contribution in [0.2, 0.25) is 0 Å². The number of hydrogen-bond donors (Lipinski definition) is 1. The quantitative estimate of drug-likeness (QED) is 0.424. The highest BCUT2D eigenvalue weighted by Crippen LogP contribution is 2.43. The molecule has 2 aromatic carbocycles. The smallest absolute Gasteiger partial charge is 0.273 e. The van der Waals surface area contributed by atoms with Gasteiger partial charge in [-0.15, -0.1) is 0 Å². The fraction of sp³-hybridized carbons (Fsp3) is 0.385. The molecule has 1 atom stereocenters. The van der Waals surface area contributed by atoms with Crippen molar-refractivity contribution in [2.45, 2.75) is 32.2 Å². The zero-order valence-corrected chi connectivity index (χ0v) is 19.5. The van der Waals surface area contributed by atoms with Crippen molar-refractivity contribution in [3.63, 3.8) is 0 Å².